The van der Waals surface area contributed by atoms with Gasteiger partial charge in [0, 0.05) is 10.6 Å². The minimum absolute atomic E-state index is 0.0636. The first-order chi connectivity index (χ1) is 10.5. The predicted octanol–water partition coefficient (Wildman–Crippen LogP) is 2.35. The molecule has 1 aliphatic heterocycles. The third kappa shape index (κ3) is 2.08. The number of halogens is 1. The van der Waals surface area contributed by atoms with Gasteiger partial charge in [-0.1, -0.05) is 11.6 Å². The second-order valence-corrected chi connectivity index (χ2v) is 5.30. The molecule has 6 nitrogen and oxygen atoms in total. The van der Waals surface area contributed by atoms with Crippen molar-refractivity contribution in [2.24, 2.45) is 0 Å². The Bertz CT molecular complexity index is 756. The number of ether oxygens (including phenoxy) is 1. The highest BCUT2D eigenvalue weighted by Gasteiger charge is 2.49. The van der Waals surface area contributed by atoms with Gasteiger partial charge >= 0.3 is 0 Å². The summed E-state index contributed by atoms with van der Waals surface area (Å²) >= 11 is 6.11. The van der Waals surface area contributed by atoms with E-state index < -0.39 is 23.7 Å². The molecule has 1 aliphatic rings. The third-order valence-electron chi connectivity index (χ3n) is 3.58. The van der Waals surface area contributed by atoms with E-state index in [1.165, 1.54) is 25.5 Å². The summed E-state index contributed by atoms with van der Waals surface area (Å²) in [6, 6.07) is 6.09. The number of benzene rings is 1. The lowest BCUT2D eigenvalue weighted by Gasteiger charge is -2.20. The van der Waals surface area contributed by atoms with E-state index in [-0.39, 0.29) is 22.0 Å². The van der Waals surface area contributed by atoms with E-state index in [0.717, 1.165) is 0 Å². The molecule has 1 aromatic carbocycles. The van der Waals surface area contributed by atoms with Crippen LogP contribution in [0.1, 0.15) is 22.5 Å². The third-order valence-corrected chi connectivity index (χ3v) is 3.89. The summed E-state index contributed by atoms with van der Waals surface area (Å²) in [5.41, 5.74) is -1.65. The highest BCUT2D eigenvalue weighted by atomic mass is 35.5. The molecule has 2 aromatic rings. The maximum atomic E-state index is 12.2. The molecule has 0 radical (unpaired) electrons. The largest absolute Gasteiger partial charge is 0.495 e. The van der Waals surface area contributed by atoms with Crippen molar-refractivity contribution in [3.05, 3.63) is 46.9 Å². The van der Waals surface area contributed by atoms with E-state index >= 15 is 0 Å². The van der Waals surface area contributed by atoms with Gasteiger partial charge in [0.25, 0.3) is 5.91 Å². The number of aliphatic hydroxyl groups is 1. The van der Waals surface area contributed by atoms with Gasteiger partial charge in [0.05, 0.1) is 25.5 Å². The molecule has 1 amide bonds. The number of carbonyl (C=O) groups excluding carboxylic acids is 2. The number of carbonyl (C=O) groups is 2. The molecule has 3 rings (SSSR count). The van der Waals surface area contributed by atoms with E-state index in [1.54, 1.807) is 12.1 Å². The highest BCUT2D eigenvalue weighted by Crippen LogP contribution is 2.47. The number of rotatable bonds is 4. The minimum Gasteiger partial charge on any atom is -0.495 e. The molecule has 0 saturated heterocycles. The Balaban J connectivity index is 2.05. The maximum Gasteiger partial charge on any atom is 0.261 e. The van der Waals surface area contributed by atoms with Crippen LogP contribution in [-0.2, 0) is 10.4 Å². The average Bonchev–Trinajstić information content (AvgIpc) is 3.08. The number of hydrogen-bond acceptors (Lipinski definition) is 5. The molecule has 0 saturated carbocycles. The number of Topliss-reactive ketones (excluding diaryl/α,β-unsaturated/α-hetero) is 1. The van der Waals surface area contributed by atoms with Crippen molar-refractivity contribution in [3.8, 4) is 5.75 Å². The molecule has 0 spiro atoms. The zero-order valence-electron chi connectivity index (χ0n) is 11.6. The number of ketones is 1. The van der Waals surface area contributed by atoms with E-state index in [0.29, 0.717) is 5.75 Å². The Morgan fingerprint density at radius 1 is 1.45 bits per heavy atom. The summed E-state index contributed by atoms with van der Waals surface area (Å²) in [7, 11) is 1.43. The number of amides is 1. The van der Waals surface area contributed by atoms with Crippen LogP contribution in [-0.4, -0.2) is 23.9 Å². The molecular formula is C15H12ClNO5. The number of fused-ring (bicyclic) bond motifs is 1. The average molecular weight is 322 g/mol. The summed E-state index contributed by atoms with van der Waals surface area (Å²) in [5, 5.41) is 13.5. The number of furan rings is 1. The van der Waals surface area contributed by atoms with Gasteiger partial charge in [0.1, 0.15) is 5.75 Å². The number of methoxy groups -OCH3 is 1. The molecule has 2 N–H and O–H groups in total. The number of hydrogen-bond donors (Lipinski definition) is 2. The van der Waals surface area contributed by atoms with Crippen LogP contribution in [0.15, 0.2) is 34.9 Å². The zero-order valence-corrected chi connectivity index (χ0v) is 12.3. The molecule has 7 heteroatoms. The molecule has 0 bridgehead atoms. The second-order valence-electron chi connectivity index (χ2n) is 4.89. The molecule has 114 valence electrons. The molecule has 0 aliphatic carbocycles. The quantitative estimate of drug-likeness (QED) is 0.844. The summed E-state index contributed by atoms with van der Waals surface area (Å²) in [6.07, 6.45) is 0.863. The number of anilines is 1. The molecule has 1 atom stereocenters. The van der Waals surface area contributed by atoms with Gasteiger partial charge in [-0.25, -0.2) is 0 Å². The van der Waals surface area contributed by atoms with Gasteiger partial charge in [-0.05, 0) is 24.3 Å². The zero-order chi connectivity index (χ0) is 15.9. The van der Waals surface area contributed by atoms with Gasteiger partial charge < -0.3 is 19.6 Å². The summed E-state index contributed by atoms with van der Waals surface area (Å²) in [4.78, 5) is 24.4. The lowest BCUT2D eigenvalue weighted by molar-refractivity contribution is -0.133. The molecular weight excluding hydrogens is 310 g/mol. The minimum atomic E-state index is -2.06. The van der Waals surface area contributed by atoms with Crippen molar-refractivity contribution < 1.29 is 23.8 Å². The SMILES string of the molecule is COc1ccc(Cl)c2c1NC(=O)C2(O)CC(=O)c1ccco1. The van der Waals surface area contributed by atoms with Gasteiger partial charge in [-0.2, -0.15) is 0 Å². The van der Waals surface area contributed by atoms with Crippen LogP contribution in [0.5, 0.6) is 5.75 Å². The first-order valence-corrected chi connectivity index (χ1v) is 6.82. The Morgan fingerprint density at radius 3 is 2.86 bits per heavy atom. The van der Waals surface area contributed by atoms with Crippen LogP contribution in [0.3, 0.4) is 0 Å². The Hall–Kier alpha value is -2.31. The van der Waals surface area contributed by atoms with Crippen molar-refractivity contribution in [1.29, 1.82) is 0 Å². The van der Waals surface area contributed by atoms with E-state index in [4.69, 9.17) is 20.8 Å². The van der Waals surface area contributed by atoms with Crippen molar-refractivity contribution >= 4 is 29.0 Å². The molecule has 0 fully saturated rings. The lowest BCUT2D eigenvalue weighted by atomic mass is 9.89. The topological polar surface area (TPSA) is 88.8 Å². The fourth-order valence-corrected chi connectivity index (χ4v) is 2.83. The Morgan fingerprint density at radius 2 is 2.23 bits per heavy atom. The second kappa shape index (κ2) is 5.15. The maximum absolute atomic E-state index is 12.2. The van der Waals surface area contributed by atoms with Gasteiger partial charge in [-0.3, -0.25) is 9.59 Å². The first kappa shape index (κ1) is 14.6. The molecule has 22 heavy (non-hydrogen) atoms. The van der Waals surface area contributed by atoms with Crippen LogP contribution in [0, 0.1) is 0 Å². The van der Waals surface area contributed by atoms with Gasteiger partial charge in [0.15, 0.2) is 11.4 Å². The summed E-state index contributed by atoms with van der Waals surface area (Å²) < 4.78 is 10.1. The van der Waals surface area contributed by atoms with Crippen LogP contribution in [0.2, 0.25) is 5.02 Å². The van der Waals surface area contributed by atoms with Crippen molar-refractivity contribution in [3.63, 3.8) is 0 Å². The lowest BCUT2D eigenvalue weighted by Crippen LogP contribution is -2.36. The van der Waals surface area contributed by atoms with E-state index in [1.807, 2.05) is 0 Å². The predicted molar refractivity (Wildman–Crippen MR) is 78.2 cm³/mol. The smallest absolute Gasteiger partial charge is 0.261 e. The van der Waals surface area contributed by atoms with Crippen LogP contribution in [0.4, 0.5) is 5.69 Å². The normalized spacial score (nSPS) is 19.7. The summed E-state index contributed by atoms with van der Waals surface area (Å²) in [6.45, 7) is 0. The van der Waals surface area contributed by atoms with Gasteiger partial charge in [-0.15, -0.1) is 0 Å². The molecule has 2 heterocycles. The summed E-state index contributed by atoms with van der Waals surface area (Å²) in [5.74, 6) is -0.814. The van der Waals surface area contributed by atoms with Crippen LogP contribution in [0.25, 0.3) is 0 Å². The van der Waals surface area contributed by atoms with Crippen molar-refractivity contribution in [1.82, 2.24) is 0 Å². The fourth-order valence-electron chi connectivity index (χ4n) is 2.51. The van der Waals surface area contributed by atoms with Crippen molar-refractivity contribution in [2.45, 2.75) is 12.0 Å². The van der Waals surface area contributed by atoms with Crippen LogP contribution < -0.4 is 10.1 Å². The first-order valence-electron chi connectivity index (χ1n) is 6.45. The highest BCUT2D eigenvalue weighted by molar-refractivity contribution is 6.33. The molecule has 1 aromatic heterocycles. The monoisotopic (exact) mass is 321 g/mol. The van der Waals surface area contributed by atoms with Gasteiger partial charge in [0.2, 0.25) is 5.78 Å². The van der Waals surface area contributed by atoms with E-state index in [2.05, 4.69) is 5.32 Å². The standard InChI is InChI=1S/C15H12ClNO5/c1-21-11-5-4-8(16)12-13(11)17-14(19)15(12,20)7-9(18)10-3-2-6-22-10/h2-6,20H,7H2,1H3,(H,17,19). The van der Waals surface area contributed by atoms with Crippen LogP contribution >= 0.6 is 11.6 Å². The fraction of sp³-hybridized carbons (Fsp3) is 0.200. The van der Waals surface area contributed by atoms with Crippen molar-refractivity contribution in [2.75, 3.05) is 12.4 Å². The molecule has 1 unspecified atom stereocenters. The number of nitrogens with one attached hydrogen (secondary N) is 1. The Kier molecular flexibility index (Phi) is 3.42. The Labute approximate surface area is 130 Å². The van der Waals surface area contributed by atoms with E-state index in [9.17, 15) is 14.7 Å².